The third-order valence-electron chi connectivity index (χ3n) is 3.70. The molecule has 0 spiro atoms. The zero-order chi connectivity index (χ0) is 26.0. The second kappa shape index (κ2) is 12.5. The molecule has 186 valence electrons. The third kappa shape index (κ3) is 12.1. The average molecular weight is 479 g/mol. The molecule has 1 aromatic rings. The van der Waals surface area contributed by atoms with Gasteiger partial charge < -0.3 is 31.6 Å². The molecule has 0 aliphatic carbocycles. The van der Waals surface area contributed by atoms with Crippen molar-refractivity contribution < 1.29 is 37.8 Å². The number of carbonyl (C=O) groups excluding carboxylic acids is 1. The Balaban J connectivity index is 0.00000126. The first-order chi connectivity index (χ1) is 15.0. The van der Waals surface area contributed by atoms with Gasteiger partial charge >= 0.3 is 18.1 Å². The van der Waals surface area contributed by atoms with Gasteiger partial charge in [0.15, 0.2) is 5.96 Å². The molecule has 0 aromatic carbocycles. The van der Waals surface area contributed by atoms with Crippen molar-refractivity contribution in [3.63, 3.8) is 0 Å². The summed E-state index contributed by atoms with van der Waals surface area (Å²) in [5, 5.41) is 18.8. The van der Waals surface area contributed by atoms with E-state index in [-0.39, 0.29) is 29.9 Å². The molecule has 1 aromatic heterocycles. The summed E-state index contributed by atoms with van der Waals surface area (Å²) in [5.74, 6) is -4.74. The molecule has 0 aliphatic heterocycles. The molecule has 0 radical (unpaired) electrons. The Hall–Kier alpha value is -3.58. The van der Waals surface area contributed by atoms with E-state index in [1.807, 2.05) is 20.8 Å². The Kier molecular flexibility index (Phi) is 11.1. The topological polar surface area (TPSA) is 190 Å². The summed E-state index contributed by atoms with van der Waals surface area (Å²) in [7, 11) is 0. The van der Waals surface area contributed by atoms with Gasteiger partial charge in [-0.15, -0.1) is 0 Å². The highest BCUT2D eigenvalue weighted by Gasteiger charge is 2.38. The van der Waals surface area contributed by atoms with E-state index in [9.17, 15) is 32.7 Å². The van der Waals surface area contributed by atoms with Crippen LogP contribution >= 0.6 is 0 Å². The van der Waals surface area contributed by atoms with Crippen LogP contribution in [0.5, 0.6) is 0 Å². The third-order valence-corrected chi connectivity index (χ3v) is 3.70. The number of alkyl halides is 3. The van der Waals surface area contributed by atoms with E-state index < -0.39 is 35.6 Å². The summed E-state index contributed by atoms with van der Waals surface area (Å²) in [5.41, 5.74) is 9.72. The van der Waals surface area contributed by atoms with Crippen molar-refractivity contribution in [2.24, 2.45) is 21.9 Å². The lowest BCUT2D eigenvalue weighted by atomic mass is 9.97. The number of amides is 1. The maximum atomic E-state index is 12.5. The predicted molar refractivity (Wildman–Crippen MR) is 113 cm³/mol. The number of guanidine groups is 1. The number of pyridine rings is 1. The molecule has 0 aliphatic rings. The summed E-state index contributed by atoms with van der Waals surface area (Å²) in [6.45, 7) is 6.62. The van der Waals surface area contributed by atoms with Gasteiger partial charge in [-0.3, -0.25) is 14.6 Å². The van der Waals surface area contributed by atoms with E-state index in [0.717, 1.165) is 0 Å². The minimum Gasteiger partial charge on any atom is -0.480 e. The zero-order valence-electron chi connectivity index (χ0n) is 18.3. The SMILES string of the molecule is CC(C)(C)Cn1cccc(C(=O)N[C@@H](CCCN=C(N)N)C(=O)O)c1=O.O=C(O)C(F)(F)F. The van der Waals surface area contributed by atoms with Gasteiger partial charge in [0.1, 0.15) is 11.6 Å². The Labute approximate surface area is 187 Å². The number of aliphatic carboxylic acids is 2. The average Bonchev–Trinajstić information content (AvgIpc) is 2.64. The van der Waals surface area contributed by atoms with E-state index >= 15 is 0 Å². The van der Waals surface area contributed by atoms with Crippen LogP contribution in [0, 0.1) is 5.41 Å². The van der Waals surface area contributed by atoms with Crippen molar-refractivity contribution in [2.75, 3.05) is 6.54 Å². The fourth-order valence-corrected chi connectivity index (χ4v) is 2.34. The number of nitrogens with one attached hydrogen (secondary N) is 1. The maximum absolute atomic E-state index is 12.5. The molecule has 7 N–H and O–H groups in total. The first-order valence-corrected chi connectivity index (χ1v) is 9.54. The first kappa shape index (κ1) is 29.4. The number of hydrogen-bond donors (Lipinski definition) is 5. The number of nitrogens with zero attached hydrogens (tertiary/aromatic N) is 2. The van der Waals surface area contributed by atoms with Gasteiger partial charge in [0.25, 0.3) is 11.5 Å². The van der Waals surface area contributed by atoms with Crippen LogP contribution < -0.4 is 22.3 Å². The van der Waals surface area contributed by atoms with Gasteiger partial charge in [-0.2, -0.15) is 13.2 Å². The van der Waals surface area contributed by atoms with Gasteiger partial charge in [-0.25, -0.2) is 9.59 Å². The Morgan fingerprint density at radius 1 is 1.18 bits per heavy atom. The van der Waals surface area contributed by atoms with Crippen molar-refractivity contribution in [1.29, 1.82) is 0 Å². The van der Waals surface area contributed by atoms with E-state index in [4.69, 9.17) is 21.4 Å². The fourth-order valence-electron chi connectivity index (χ4n) is 2.34. The number of aliphatic imine (C=N–C) groups is 1. The smallest absolute Gasteiger partial charge is 0.480 e. The van der Waals surface area contributed by atoms with Crippen LogP contribution in [0.2, 0.25) is 0 Å². The fraction of sp³-hybridized carbons (Fsp3) is 0.526. The van der Waals surface area contributed by atoms with E-state index in [2.05, 4.69) is 10.3 Å². The second-order valence-corrected chi connectivity index (χ2v) is 8.03. The van der Waals surface area contributed by atoms with Crippen LogP contribution in [0.1, 0.15) is 44.0 Å². The van der Waals surface area contributed by atoms with E-state index in [1.54, 1.807) is 12.3 Å². The Morgan fingerprint density at radius 2 is 1.73 bits per heavy atom. The number of rotatable bonds is 8. The lowest BCUT2D eigenvalue weighted by molar-refractivity contribution is -0.192. The van der Waals surface area contributed by atoms with Crippen molar-refractivity contribution in [2.45, 2.75) is 52.4 Å². The molecule has 1 amide bonds. The standard InChI is InChI=1S/C17H27N5O4.C2HF3O2/c1-17(2,3)10-22-9-5-6-11(14(22)24)13(23)21-12(15(25)26)7-4-8-20-16(18)19;3-2(4,5)1(6)7/h5-6,9,12H,4,7-8,10H2,1-3H3,(H,21,23)(H,25,26)(H4,18,19,20);(H,6,7)/t12-;/m0./s1. The van der Waals surface area contributed by atoms with Crippen LogP contribution in [0.25, 0.3) is 0 Å². The molecule has 1 heterocycles. The van der Waals surface area contributed by atoms with Crippen LogP contribution in [-0.4, -0.2) is 57.3 Å². The molecule has 14 heteroatoms. The van der Waals surface area contributed by atoms with Crippen molar-refractivity contribution in [3.05, 3.63) is 34.2 Å². The zero-order valence-corrected chi connectivity index (χ0v) is 18.3. The number of carboxylic acid groups (broad SMARTS) is 2. The Bertz CT molecular complexity index is 918. The summed E-state index contributed by atoms with van der Waals surface area (Å²) >= 11 is 0. The lowest BCUT2D eigenvalue weighted by Crippen LogP contribution is -2.43. The summed E-state index contributed by atoms with van der Waals surface area (Å²) in [6, 6.07) is 1.85. The van der Waals surface area contributed by atoms with Crippen molar-refractivity contribution in [1.82, 2.24) is 9.88 Å². The minimum absolute atomic E-state index is 0.0791. The molecule has 0 unspecified atom stereocenters. The normalized spacial score (nSPS) is 12.1. The van der Waals surface area contributed by atoms with Gasteiger partial charge in [-0.05, 0) is 30.4 Å². The number of halogens is 3. The molecule has 0 bridgehead atoms. The molecular formula is C19H28F3N5O6. The molecule has 33 heavy (non-hydrogen) atoms. The number of nitrogens with two attached hydrogens (primary N) is 2. The first-order valence-electron chi connectivity index (χ1n) is 9.54. The summed E-state index contributed by atoms with van der Waals surface area (Å²) < 4.78 is 33.2. The molecule has 1 rings (SSSR count). The summed E-state index contributed by atoms with van der Waals surface area (Å²) in [6.07, 6.45) is -2.96. The molecule has 0 saturated carbocycles. The molecule has 0 saturated heterocycles. The minimum atomic E-state index is -5.08. The van der Waals surface area contributed by atoms with Gasteiger partial charge in [0, 0.05) is 19.3 Å². The van der Waals surface area contributed by atoms with Gasteiger partial charge in [0.05, 0.1) is 0 Å². The number of aromatic nitrogens is 1. The van der Waals surface area contributed by atoms with Crippen LogP contribution in [0.3, 0.4) is 0 Å². The largest absolute Gasteiger partial charge is 0.490 e. The molecule has 0 fully saturated rings. The molecule has 1 atom stereocenters. The lowest BCUT2D eigenvalue weighted by Gasteiger charge is -2.20. The Morgan fingerprint density at radius 3 is 2.15 bits per heavy atom. The van der Waals surface area contributed by atoms with Gasteiger partial charge in [0.2, 0.25) is 0 Å². The van der Waals surface area contributed by atoms with Crippen LogP contribution in [0.4, 0.5) is 13.2 Å². The van der Waals surface area contributed by atoms with Gasteiger partial charge in [-0.1, -0.05) is 20.8 Å². The maximum Gasteiger partial charge on any atom is 0.490 e. The van der Waals surface area contributed by atoms with Crippen LogP contribution in [-0.2, 0) is 16.1 Å². The summed E-state index contributed by atoms with van der Waals surface area (Å²) in [4.78, 5) is 48.9. The highest BCUT2D eigenvalue weighted by atomic mass is 19.4. The second-order valence-electron chi connectivity index (χ2n) is 8.03. The molecule has 11 nitrogen and oxygen atoms in total. The predicted octanol–water partition coefficient (Wildman–Crippen LogP) is 0.764. The molecular weight excluding hydrogens is 451 g/mol. The van der Waals surface area contributed by atoms with E-state index in [1.165, 1.54) is 10.6 Å². The highest BCUT2D eigenvalue weighted by Crippen LogP contribution is 2.15. The van der Waals surface area contributed by atoms with Crippen molar-refractivity contribution in [3.8, 4) is 0 Å². The number of carboxylic acids is 2. The van der Waals surface area contributed by atoms with Crippen molar-refractivity contribution >= 4 is 23.8 Å². The van der Waals surface area contributed by atoms with E-state index in [0.29, 0.717) is 13.0 Å². The quantitative estimate of drug-likeness (QED) is 0.205. The van der Waals surface area contributed by atoms with Crippen LogP contribution in [0.15, 0.2) is 28.1 Å². The highest BCUT2D eigenvalue weighted by molar-refractivity contribution is 5.96. The number of carbonyl (C=O) groups is 3. The number of hydrogen-bond acceptors (Lipinski definition) is 5. The monoisotopic (exact) mass is 479 g/mol.